The van der Waals surface area contributed by atoms with Gasteiger partial charge in [0.05, 0.1) is 0 Å². The number of alkyl carbamates (subject to hydrolysis) is 1. The zero-order valence-corrected chi connectivity index (χ0v) is 18.0. The van der Waals surface area contributed by atoms with Crippen molar-refractivity contribution in [2.75, 3.05) is 13.1 Å². The van der Waals surface area contributed by atoms with Crippen molar-refractivity contribution in [2.24, 2.45) is 0 Å². The summed E-state index contributed by atoms with van der Waals surface area (Å²) in [6.45, 7) is 13.5. The van der Waals surface area contributed by atoms with Gasteiger partial charge in [-0.3, -0.25) is 4.79 Å². The van der Waals surface area contributed by atoms with Gasteiger partial charge in [0.1, 0.15) is 11.6 Å². The third kappa shape index (κ3) is 12.2. The molecule has 0 rings (SSSR count). The summed E-state index contributed by atoms with van der Waals surface area (Å²) >= 11 is 0. The quantitative estimate of drug-likeness (QED) is 0.449. The Morgan fingerprint density at radius 3 is 1.81 bits per heavy atom. The second kappa shape index (κ2) is 13.9. The van der Waals surface area contributed by atoms with E-state index < -0.39 is 17.7 Å². The third-order valence-electron chi connectivity index (χ3n) is 4.21. The lowest BCUT2D eigenvalue weighted by atomic mass is 10.1. The largest absolute Gasteiger partial charge is 0.444 e. The highest BCUT2D eigenvalue weighted by atomic mass is 16.6. The predicted octanol–water partition coefficient (Wildman–Crippen LogP) is 5.28. The van der Waals surface area contributed by atoms with Crippen LogP contribution in [0.3, 0.4) is 0 Å². The van der Waals surface area contributed by atoms with Crippen molar-refractivity contribution in [1.82, 2.24) is 10.2 Å². The van der Waals surface area contributed by atoms with Gasteiger partial charge in [-0.25, -0.2) is 4.79 Å². The van der Waals surface area contributed by atoms with Crippen LogP contribution in [0, 0.1) is 0 Å². The van der Waals surface area contributed by atoms with Gasteiger partial charge in [0.2, 0.25) is 5.91 Å². The molecule has 0 unspecified atom stereocenters. The average Bonchev–Trinajstić information content (AvgIpc) is 2.55. The molecule has 0 fully saturated rings. The van der Waals surface area contributed by atoms with Gasteiger partial charge >= 0.3 is 6.09 Å². The van der Waals surface area contributed by atoms with Crippen molar-refractivity contribution in [3.8, 4) is 0 Å². The first-order valence-corrected chi connectivity index (χ1v) is 10.5. The minimum atomic E-state index is -0.565. The van der Waals surface area contributed by atoms with Gasteiger partial charge in [-0.15, -0.1) is 0 Å². The van der Waals surface area contributed by atoms with Crippen LogP contribution >= 0.6 is 0 Å². The molecule has 0 aromatic carbocycles. The summed E-state index contributed by atoms with van der Waals surface area (Å²) in [5.74, 6) is 0.0384. The molecule has 0 radical (unpaired) electrons. The number of nitrogens with one attached hydrogen (secondary N) is 1. The Kier molecular flexibility index (Phi) is 13.2. The topological polar surface area (TPSA) is 58.6 Å². The fraction of sp³-hybridized carbons (Fsp3) is 0.905. The van der Waals surface area contributed by atoms with E-state index in [9.17, 15) is 9.59 Å². The molecule has 0 heterocycles. The molecular weight excluding hydrogens is 328 g/mol. The second-order valence-electron chi connectivity index (χ2n) is 8.08. The maximum Gasteiger partial charge on any atom is 0.408 e. The van der Waals surface area contributed by atoms with E-state index in [1.165, 1.54) is 0 Å². The van der Waals surface area contributed by atoms with Crippen LogP contribution in [0.1, 0.15) is 99.3 Å². The fourth-order valence-electron chi connectivity index (χ4n) is 2.77. The Morgan fingerprint density at radius 2 is 1.38 bits per heavy atom. The number of amides is 2. The molecule has 0 aromatic heterocycles. The Balaban J connectivity index is 4.97. The molecule has 1 N–H and O–H groups in total. The van der Waals surface area contributed by atoms with Crippen molar-refractivity contribution in [3.05, 3.63) is 0 Å². The van der Waals surface area contributed by atoms with Crippen LogP contribution in [-0.2, 0) is 9.53 Å². The van der Waals surface area contributed by atoms with Gasteiger partial charge in [0, 0.05) is 13.1 Å². The standard InChI is InChI=1S/C21H42N2O3/c1-7-10-13-16-23(17-14-11-8-2)19(24)18(15-12-9-3)22-20(25)26-21(4,5)6/h18H,7-17H2,1-6H3,(H,22,25)/t18-/m0/s1. The molecule has 0 saturated carbocycles. The molecule has 1 atom stereocenters. The van der Waals surface area contributed by atoms with Crippen LogP contribution < -0.4 is 5.32 Å². The second-order valence-corrected chi connectivity index (χ2v) is 8.08. The fourth-order valence-corrected chi connectivity index (χ4v) is 2.77. The molecular formula is C21H42N2O3. The van der Waals surface area contributed by atoms with Crippen LogP contribution in [-0.4, -0.2) is 41.6 Å². The zero-order valence-electron chi connectivity index (χ0n) is 18.0. The van der Waals surface area contributed by atoms with E-state index in [-0.39, 0.29) is 5.91 Å². The highest BCUT2D eigenvalue weighted by molar-refractivity contribution is 5.85. The number of hydrogen-bond donors (Lipinski definition) is 1. The lowest BCUT2D eigenvalue weighted by Gasteiger charge is -2.29. The Labute approximate surface area is 161 Å². The number of nitrogens with zero attached hydrogens (tertiary/aromatic N) is 1. The summed E-state index contributed by atoms with van der Waals surface area (Å²) in [4.78, 5) is 27.2. The van der Waals surface area contributed by atoms with E-state index in [4.69, 9.17) is 4.74 Å². The molecule has 0 aromatic rings. The van der Waals surface area contributed by atoms with E-state index in [2.05, 4.69) is 26.1 Å². The van der Waals surface area contributed by atoms with Crippen molar-refractivity contribution in [1.29, 1.82) is 0 Å². The van der Waals surface area contributed by atoms with Crippen LogP contribution in [0.25, 0.3) is 0 Å². The Bertz CT molecular complexity index is 381. The number of rotatable bonds is 13. The number of carbonyl (C=O) groups is 2. The summed E-state index contributed by atoms with van der Waals surface area (Å²) in [5, 5.41) is 2.82. The number of unbranched alkanes of at least 4 members (excludes halogenated alkanes) is 5. The maximum atomic E-state index is 13.1. The molecule has 0 aliphatic rings. The molecule has 0 bridgehead atoms. The van der Waals surface area contributed by atoms with Crippen molar-refractivity contribution in [3.63, 3.8) is 0 Å². The summed E-state index contributed by atoms with van der Waals surface area (Å²) < 4.78 is 5.35. The number of hydrogen-bond acceptors (Lipinski definition) is 3. The molecule has 0 saturated heterocycles. The molecule has 0 spiro atoms. The molecule has 154 valence electrons. The van der Waals surface area contributed by atoms with Crippen LogP contribution in [0.4, 0.5) is 4.79 Å². The molecule has 2 amide bonds. The van der Waals surface area contributed by atoms with Gasteiger partial charge in [-0.05, 0) is 40.0 Å². The van der Waals surface area contributed by atoms with Crippen LogP contribution in [0.2, 0.25) is 0 Å². The molecule has 0 aliphatic carbocycles. The van der Waals surface area contributed by atoms with E-state index in [1.807, 2.05) is 25.7 Å². The first-order valence-electron chi connectivity index (χ1n) is 10.5. The Hall–Kier alpha value is -1.26. The smallest absolute Gasteiger partial charge is 0.408 e. The predicted molar refractivity (Wildman–Crippen MR) is 108 cm³/mol. The minimum absolute atomic E-state index is 0.0384. The van der Waals surface area contributed by atoms with E-state index in [0.29, 0.717) is 6.42 Å². The normalized spacial score (nSPS) is 12.5. The van der Waals surface area contributed by atoms with E-state index in [1.54, 1.807) is 0 Å². The molecule has 0 aliphatic heterocycles. The summed E-state index contributed by atoms with van der Waals surface area (Å²) in [6.07, 6.45) is 8.59. The van der Waals surface area contributed by atoms with Crippen molar-refractivity contribution in [2.45, 2.75) is 111 Å². The zero-order chi connectivity index (χ0) is 20.0. The lowest BCUT2D eigenvalue weighted by molar-refractivity contribution is -0.133. The van der Waals surface area contributed by atoms with Gasteiger partial charge in [0.25, 0.3) is 0 Å². The highest BCUT2D eigenvalue weighted by Gasteiger charge is 2.27. The van der Waals surface area contributed by atoms with Gasteiger partial charge in [-0.2, -0.15) is 0 Å². The van der Waals surface area contributed by atoms with Crippen molar-refractivity contribution >= 4 is 12.0 Å². The van der Waals surface area contributed by atoms with Crippen LogP contribution in [0.15, 0.2) is 0 Å². The first-order chi connectivity index (χ1) is 12.2. The summed E-state index contributed by atoms with van der Waals surface area (Å²) in [7, 11) is 0. The summed E-state index contributed by atoms with van der Waals surface area (Å²) in [6, 6.07) is -0.493. The molecule has 5 heteroatoms. The van der Waals surface area contributed by atoms with Gasteiger partial charge in [0.15, 0.2) is 0 Å². The molecule has 26 heavy (non-hydrogen) atoms. The average molecular weight is 371 g/mol. The van der Waals surface area contributed by atoms with E-state index >= 15 is 0 Å². The van der Waals surface area contributed by atoms with Crippen molar-refractivity contribution < 1.29 is 14.3 Å². The minimum Gasteiger partial charge on any atom is -0.444 e. The first kappa shape index (κ1) is 24.7. The third-order valence-corrected chi connectivity index (χ3v) is 4.21. The highest BCUT2D eigenvalue weighted by Crippen LogP contribution is 2.12. The van der Waals surface area contributed by atoms with Crippen LogP contribution in [0.5, 0.6) is 0 Å². The monoisotopic (exact) mass is 370 g/mol. The maximum absolute atomic E-state index is 13.1. The molecule has 5 nitrogen and oxygen atoms in total. The summed E-state index contributed by atoms with van der Waals surface area (Å²) in [5.41, 5.74) is -0.565. The Morgan fingerprint density at radius 1 is 0.885 bits per heavy atom. The lowest BCUT2D eigenvalue weighted by Crippen LogP contribution is -2.50. The van der Waals surface area contributed by atoms with Gasteiger partial charge < -0.3 is 15.0 Å². The van der Waals surface area contributed by atoms with E-state index in [0.717, 1.165) is 64.5 Å². The number of ether oxygens (including phenoxy) is 1. The van der Waals surface area contributed by atoms with Gasteiger partial charge in [-0.1, -0.05) is 59.3 Å². The SMILES string of the molecule is CCCCCN(CCCCC)C(=O)[C@H](CCCC)NC(=O)OC(C)(C)C. The number of carbonyl (C=O) groups excluding carboxylic acids is 2.